The average molecular weight is 656 g/mol. The molecule has 0 aliphatic carbocycles. The second kappa shape index (κ2) is 12.9. The van der Waals surface area contributed by atoms with E-state index in [1.165, 1.54) is 0 Å². The van der Waals surface area contributed by atoms with Crippen molar-refractivity contribution in [3.8, 4) is 33.9 Å². The number of fused-ring (bicyclic) bond motifs is 1. The Morgan fingerprint density at radius 3 is 1.25 bits per heavy atom. The van der Waals surface area contributed by atoms with E-state index < -0.39 is 5.66 Å². The smallest absolute Gasteiger partial charge is 0.236 e. The summed E-state index contributed by atoms with van der Waals surface area (Å²) in [6.45, 7) is 0. The van der Waals surface area contributed by atoms with Crippen molar-refractivity contribution in [2.75, 3.05) is 9.80 Å². The van der Waals surface area contributed by atoms with Crippen LogP contribution in [-0.2, 0) is 5.66 Å². The van der Waals surface area contributed by atoms with Gasteiger partial charge in [0.05, 0.1) is 11.4 Å². The Labute approximate surface area is 297 Å². The van der Waals surface area contributed by atoms with Gasteiger partial charge in [-0.3, -0.25) is 4.90 Å². The first kappa shape index (κ1) is 30.2. The number of benzene rings is 7. The van der Waals surface area contributed by atoms with Crippen LogP contribution in [0.1, 0.15) is 11.1 Å². The molecule has 7 aromatic carbocycles. The van der Waals surface area contributed by atoms with Crippen LogP contribution in [0.25, 0.3) is 33.9 Å². The summed E-state index contributed by atoms with van der Waals surface area (Å²) in [5, 5.41) is 0. The van der Waals surface area contributed by atoms with E-state index in [-0.39, 0.29) is 0 Å². The molecule has 0 N–H and O–H groups in total. The second-order valence-corrected chi connectivity index (χ2v) is 12.5. The van der Waals surface area contributed by atoms with Gasteiger partial charge in [0.1, 0.15) is 0 Å². The Morgan fingerprint density at radius 1 is 0.333 bits per heavy atom. The molecule has 0 saturated carbocycles. The van der Waals surface area contributed by atoms with Gasteiger partial charge in [-0.1, -0.05) is 176 Å². The Hall–Kier alpha value is -6.85. The molecule has 9 rings (SSSR count). The molecule has 0 fully saturated rings. The highest BCUT2D eigenvalue weighted by Crippen LogP contribution is 2.59. The van der Waals surface area contributed by atoms with Crippen LogP contribution in [0.5, 0.6) is 0 Å². The van der Waals surface area contributed by atoms with Crippen molar-refractivity contribution in [2.24, 2.45) is 0 Å². The third-order valence-corrected chi connectivity index (χ3v) is 9.46. The molecular weight excluding hydrogens is 623 g/mol. The van der Waals surface area contributed by atoms with Gasteiger partial charge < -0.3 is 4.90 Å². The fraction of sp³-hybridized carbons (Fsp3) is 0.0217. The van der Waals surface area contributed by atoms with Crippen LogP contribution in [0.3, 0.4) is 0 Å². The van der Waals surface area contributed by atoms with E-state index in [0.717, 1.165) is 50.4 Å². The minimum Gasteiger partial charge on any atom is -0.308 e. The summed E-state index contributed by atoms with van der Waals surface area (Å²) in [5.41, 5.74) is 8.40. The molecule has 242 valence electrons. The third-order valence-electron chi connectivity index (χ3n) is 9.46. The van der Waals surface area contributed by atoms with Crippen molar-refractivity contribution in [2.45, 2.75) is 5.66 Å². The lowest BCUT2D eigenvalue weighted by Crippen LogP contribution is -2.52. The Kier molecular flexibility index (Phi) is 7.63. The standard InChI is InChI=1S/C46H33N5/c1-6-19-34(20-7-1)37-25-18-30-40(33-37)50-41-31-16-17-32-42(41)51(46(50,38-26-12-4-13-27-38)39-28-14-5-15-29-39)45-48-43(35-21-8-2-9-22-35)47-44(49-45)36-23-10-3-11-24-36/h1-33H. The summed E-state index contributed by atoms with van der Waals surface area (Å²) < 4.78 is 0. The first-order valence-corrected chi connectivity index (χ1v) is 17.1. The lowest BCUT2D eigenvalue weighted by molar-refractivity contribution is 0.550. The third kappa shape index (κ3) is 5.23. The van der Waals surface area contributed by atoms with E-state index in [1.54, 1.807) is 0 Å². The maximum absolute atomic E-state index is 5.33. The van der Waals surface area contributed by atoms with Crippen LogP contribution in [0, 0.1) is 0 Å². The van der Waals surface area contributed by atoms with E-state index in [0.29, 0.717) is 17.6 Å². The number of anilines is 4. The molecule has 0 radical (unpaired) electrons. The maximum Gasteiger partial charge on any atom is 0.236 e. The predicted octanol–water partition coefficient (Wildman–Crippen LogP) is 11.1. The zero-order valence-electron chi connectivity index (χ0n) is 27.8. The van der Waals surface area contributed by atoms with Crippen LogP contribution < -0.4 is 9.80 Å². The molecule has 0 saturated heterocycles. The number of hydrogen-bond acceptors (Lipinski definition) is 5. The molecule has 51 heavy (non-hydrogen) atoms. The van der Waals surface area contributed by atoms with Crippen LogP contribution in [0.15, 0.2) is 200 Å². The highest BCUT2D eigenvalue weighted by Gasteiger charge is 2.55. The van der Waals surface area contributed by atoms with Crippen LogP contribution in [0.4, 0.5) is 23.0 Å². The van der Waals surface area contributed by atoms with Gasteiger partial charge >= 0.3 is 0 Å². The lowest BCUT2D eigenvalue weighted by atomic mass is 9.88. The Morgan fingerprint density at radius 2 is 0.745 bits per heavy atom. The lowest BCUT2D eigenvalue weighted by Gasteiger charge is -2.46. The van der Waals surface area contributed by atoms with Crippen molar-refractivity contribution in [3.63, 3.8) is 0 Å². The van der Waals surface area contributed by atoms with E-state index in [9.17, 15) is 0 Å². The van der Waals surface area contributed by atoms with Crippen LogP contribution in [0.2, 0.25) is 0 Å². The van der Waals surface area contributed by atoms with Crippen molar-refractivity contribution in [1.29, 1.82) is 0 Å². The molecule has 0 amide bonds. The summed E-state index contributed by atoms with van der Waals surface area (Å²) in [5.74, 6) is 1.76. The van der Waals surface area contributed by atoms with Gasteiger partial charge in [-0.25, -0.2) is 4.98 Å². The van der Waals surface area contributed by atoms with Gasteiger partial charge in [-0.2, -0.15) is 9.97 Å². The summed E-state index contributed by atoms with van der Waals surface area (Å²) >= 11 is 0. The minimum absolute atomic E-state index is 0.546. The number of hydrogen-bond donors (Lipinski definition) is 0. The van der Waals surface area contributed by atoms with Gasteiger partial charge in [0, 0.05) is 27.9 Å². The SMILES string of the molecule is c1ccc(-c2cccc(N3c4ccccc4N(c4nc(-c5ccccc5)nc(-c5ccccc5)n4)C3(c3ccccc3)c3ccccc3)c2)cc1. The Bertz CT molecular complexity index is 2320. The van der Waals surface area contributed by atoms with E-state index in [1.807, 2.05) is 36.4 Å². The van der Waals surface area contributed by atoms with E-state index >= 15 is 0 Å². The highest BCUT2D eigenvalue weighted by atomic mass is 15.5. The fourth-order valence-electron chi connectivity index (χ4n) is 7.25. The van der Waals surface area contributed by atoms with Crippen LogP contribution in [-0.4, -0.2) is 15.0 Å². The summed E-state index contributed by atoms with van der Waals surface area (Å²) in [7, 11) is 0. The highest BCUT2D eigenvalue weighted by molar-refractivity contribution is 5.92. The molecule has 5 heteroatoms. The largest absolute Gasteiger partial charge is 0.308 e. The first-order valence-electron chi connectivity index (χ1n) is 17.1. The topological polar surface area (TPSA) is 45.2 Å². The number of aromatic nitrogens is 3. The number of para-hydroxylation sites is 2. The predicted molar refractivity (Wildman–Crippen MR) is 207 cm³/mol. The first-order chi connectivity index (χ1) is 25.3. The Balaban J connectivity index is 1.39. The minimum atomic E-state index is -0.940. The van der Waals surface area contributed by atoms with E-state index in [2.05, 4.69) is 174 Å². The monoisotopic (exact) mass is 655 g/mol. The molecule has 5 nitrogen and oxygen atoms in total. The van der Waals surface area contributed by atoms with Gasteiger partial charge in [0.15, 0.2) is 17.3 Å². The average Bonchev–Trinajstić information content (AvgIpc) is 3.54. The number of nitrogens with zero attached hydrogens (tertiary/aromatic N) is 5. The molecule has 0 atom stereocenters. The van der Waals surface area contributed by atoms with Gasteiger partial charge in [0.2, 0.25) is 5.95 Å². The van der Waals surface area contributed by atoms with E-state index in [4.69, 9.17) is 15.0 Å². The zero-order chi connectivity index (χ0) is 34.0. The summed E-state index contributed by atoms with van der Waals surface area (Å²) in [4.78, 5) is 20.5. The summed E-state index contributed by atoms with van der Waals surface area (Å²) in [6, 6.07) is 69.6. The molecule has 2 heterocycles. The van der Waals surface area contributed by atoms with Crippen molar-refractivity contribution >= 4 is 23.0 Å². The molecule has 0 spiro atoms. The molecule has 1 aliphatic rings. The van der Waals surface area contributed by atoms with Crippen molar-refractivity contribution in [1.82, 2.24) is 15.0 Å². The molecule has 0 unspecified atom stereocenters. The van der Waals surface area contributed by atoms with Crippen LogP contribution >= 0.6 is 0 Å². The molecule has 1 aliphatic heterocycles. The zero-order valence-corrected chi connectivity index (χ0v) is 27.8. The number of rotatable bonds is 7. The van der Waals surface area contributed by atoms with Crippen molar-refractivity contribution < 1.29 is 0 Å². The van der Waals surface area contributed by atoms with Gasteiger partial charge in [0.25, 0.3) is 0 Å². The molecule has 0 bridgehead atoms. The molecule has 1 aromatic heterocycles. The van der Waals surface area contributed by atoms with Gasteiger partial charge in [-0.05, 0) is 35.4 Å². The summed E-state index contributed by atoms with van der Waals surface area (Å²) in [6.07, 6.45) is 0. The quantitative estimate of drug-likeness (QED) is 0.171. The second-order valence-electron chi connectivity index (χ2n) is 12.5. The fourth-order valence-corrected chi connectivity index (χ4v) is 7.25. The van der Waals surface area contributed by atoms with Gasteiger partial charge in [-0.15, -0.1) is 0 Å². The van der Waals surface area contributed by atoms with Crippen molar-refractivity contribution in [3.05, 3.63) is 211 Å². The maximum atomic E-state index is 5.33. The molecule has 8 aromatic rings. The molecular formula is C46H33N5. The normalized spacial score (nSPS) is 13.2.